The summed E-state index contributed by atoms with van der Waals surface area (Å²) in [6, 6.07) is 11.7. The SMILES string of the molecule is COc1ccc(-c2cc(NCC3CCCN(c4ncccn4)C3)c3nncn3n2)cc1. The molecule has 1 unspecified atom stereocenters. The molecule has 0 saturated carbocycles. The lowest BCUT2D eigenvalue weighted by Crippen LogP contribution is -2.39. The van der Waals surface area contributed by atoms with Crippen LogP contribution in [0.3, 0.4) is 0 Å². The minimum absolute atomic E-state index is 0.484. The molecule has 1 N–H and O–H groups in total. The van der Waals surface area contributed by atoms with Crippen LogP contribution in [0.15, 0.2) is 55.1 Å². The maximum absolute atomic E-state index is 5.26. The van der Waals surface area contributed by atoms with Gasteiger partial charge in [0.25, 0.3) is 0 Å². The average Bonchev–Trinajstić information content (AvgIpc) is 3.32. The summed E-state index contributed by atoms with van der Waals surface area (Å²) in [5.74, 6) is 2.10. The zero-order chi connectivity index (χ0) is 21.0. The van der Waals surface area contributed by atoms with E-state index in [0.717, 1.165) is 66.8 Å². The Hall–Kier alpha value is -3.75. The number of nitrogens with one attached hydrogen (secondary N) is 1. The van der Waals surface area contributed by atoms with Gasteiger partial charge in [0.1, 0.15) is 12.1 Å². The topological polar surface area (TPSA) is 93.4 Å². The first-order chi connectivity index (χ1) is 15.3. The zero-order valence-corrected chi connectivity index (χ0v) is 17.3. The van der Waals surface area contributed by atoms with Crippen molar-refractivity contribution in [2.45, 2.75) is 12.8 Å². The van der Waals surface area contributed by atoms with Crippen molar-refractivity contribution in [3.63, 3.8) is 0 Å². The Labute approximate surface area is 180 Å². The Morgan fingerprint density at radius 2 is 2.00 bits per heavy atom. The van der Waals surface area contributed by atoms with Crippen LogP contribution in [-0.2, 0) is 0 Å². The number of hydrogen-bond donors (Lipinski definition) is 1. The summed E-state index contributed by atoms with van der Waals surface area (Å²) in [4.78, 5) is 11.1. The van der Waals surface area contributed by atoms with Crippen molar-refractivity contribution < 1.29 is 4.74 Å². The molecule has 0 aliphatic carbocycles. The fraction of sp³-hybridized carbons (Fsp3) is 0.318. The number of benzene rings is 1. The normalized spacial score (nSPS) is 16.4. The van der Waals surface area contributed by atoms with Crippen molar-refractivity contribution in [2.24, 2.45) is 5.92 Å². The average molecular weight is 416 g/mol. The van der Waals surface area contributed by atoms with E-state index in [9.17, 15) is 0 Å². The van der Waals surface area contributed by atoms with Crippen molar-refractivity contribution in [3.8, 4) is 17.0 Å². The predicted octanol–water partition coefficient (Wildman–Crippen LogP) is 2.92. The minimum atomic E-state index is 0.484. The molecule has 1 atom stereocenters. The van der Waals surface area contributed by atoms with E-state index in [2.05, 4.69) is 35.5 Å². The smallest absolute Gasteiger partial charge is 0.225 e. The summed E-state index contributed by atoms with van der Waals surface area (Å²) in [5, 5.41) is 16.5. The summed E-state index contributed by atoms with van der Waals surface area (Å²) in [6.07, 6.45) is 7.50. The molecule has 3 aromatic heterocycles. The van der Waals surface area contributed by atoms with Crippen molar-refractivity contribution >= 4 is 17.3 Å². The molecule has 31 heavy (non-hydrogen) atoms. The number of aromatic nitrogens is 6. The number of nitrogens with zero attached hydrogens (tertiary/aromatic N) is 7. The van der Waals surface area contributed by atoms with Gasteiger partial charge in [-0.05, 0) is 55.2 Å². The highest BCUT2D eigenvalue weighted by molar-refractivity contribution is 5.73. The van der Waals surface area contributed by atoms with Gasteiger partial charge < -0.3 is 15.0 Å². The maximum Gasteiger partial charge on any atom is 0.225 e. The van der Waals surface area contributed by atoms with Crippen LogP contribution in [-0.4, -0.2) is 56.5 Å². The monoisotopic (exact) mass is 416 g/mol. The number of methoxy groups -OCH3 is 1. The lowest BCUT2D eigenvalue weighted by Gasteiger charge is -2.32. The first-order valence-electron chi connectivity index (χ1n) is 10.4. The standard InChI is InChI=1S/C22H24N8O/c1-31-18-7-5-17(6-8-18)19-12-20(21-27-26-15-30(21)28-19)25-13-16-4-2-11-29(14-16)22-23-9-3-10-24-22/h3,5-10,12,15-16,25H,2,4,11,13-14H2,1H3. The van der Waals surface area contributed by atoms with Crippen LogP contribution in [0.4, 0.5) is 11.6 Å². The van der Waals surface area contributed by atoms with Crippen LogP contribution in [0.25, 0.3) is 16.9 Å². The van der Waals surface area contributed by atoms with Crippen LogP contribution in [0.2, 0.25) is 0 Å². The van der Waals surface area contributed by atoms with Crippen molar-refractivity contribution in [2.75, 3.05) is 37.0 Å². The summed E-state index contributed by atoms with van der Waals surface area (Å²) < 4.78 is 6.98. The Morgan fingerprint density at radius 3 is 2.81 bits per heavy atom. The van der Waals surface area contributed by atoms with Crippen LogP contribution in [0, 0.1) is 5.92 Å². The van der Waals surface area contributed by atoms with Gasteiger partial charge in [0, 0.05) is 37.6 Å². The number of rotatable bonds is 6. The van der Waals surface area contributed by atoms with Gasteiger partial charge in [-0.2, -0.15) is 9.61 Å². The van der Waals surface area contributed by atoms with Crippen LogP contribution < -0.4 is 15.0 Å². The van der Waals surface area contributed by atoms with Crippen molar-refractivity contribution in [3.05, 3.63) is 55.1 Å². The van der Waals surface area contributed by atoms with Gasteiger partial charge in [-0.25, -0.2) is 9.97 Å². The molecule has 0 amide bonds. The van der Waals surface area contributed by atoms with E-state index in [0.29, 0.717) is 5.92 Å². The third-order valence-corrected chi connectivity index (χ3v) is 5.59. The van der Waals surface area contributed by atoms with E-state index in [-0.39, 0.29) is 0 Å². The highest BCUT2D eigenvalue weighted by atomic mass is 16.5. The highest BCUT2D eigenvalue weighted by Gasteiger charge is 2.22. The lowest BCUT2D eigenvalue weighted by atomic mass is 9.98. The second-order valence-electron chi connectivity index (χ2n) is 7.65. The summed E-state index contributed by atoms with van der Waals surface area (Å²) in [5.41, 5.74) is 3.49. The van der Waals surface area contributed by atoms with Crippen molar-refractivity contribution in [1.82, 2.24) is 29.8 Å². The molecule has 0 spiro atoms. The molecule has 4 aromatic rings. The molecule has 158 valence electrons. The summed E-state index contributed by atoms with van der Waals surface area (Å²) in [7, 11) is 1.66. The van der Waals surface area contributed by atoms with Gasteiger partial charge in [0.15, 0.2) is 0 Å². The number of anilines is 2. The first-order valence-corrected chi connectivity index (χ1v) is 10.4. The predicted molar refractivity (Wildman–Crippen MR) is 118 cm³/mol. The number of fused-ring (bicyclic) bond motifs is 1. The van der Waals surface area contributed by atoms with Crippen molar-refractivity contribution in [1.29, 1.82) is 0 Å². The Bertz CT molecular complexity index is 1150. The van der Waals surface area contributed by atoms with Gasteiger partial charge in [-0.15, -0.1) is 10.2 Å². The minimum Gasteiger partial charge on any atom is -0.497 e. The zero-order valence-electron chi connectivity index (χ0n) is 17.3. The Morgan fingerprint density at radius 1 is 1.16 bits per heavy atom. The molecule has 9 nitrogen and oxygen atoms in total. The number of hydrogen-bond acceptors (Lipinski definition) is 8. The first kappa shape index (κ1) is 19.2. The number of piperidine rings is 1. The fourth-order valence-electron chi connectivity index (χ4n) is 3.98. The highest BCUT2D eigenvalue weighted by Crippen LogP contribution is 2.26. The summed E-state index contributed by atoms with van der Waals surface area (Å²) in [6.45, 7) is 2.75. The van der Waals surface area contributed by atoms with E-state index in [4.69, 9.17) is 4.74 Å². The molecule has 4 heterocycles. The quantitative estimate of drug-likeness (QED) is 0.513. The molecular weight excluding hydrogens is 392 g/mol. The number of ether oxygens (including phenoxy) is 1. The van der Waals surface area contributed by atoms with Gasteiger partial charge in [-0.3, -0.25) is 0 Å². The molecular formula is C22H24N8O. The third-order valence-electron chi connectivity index (χ3n) is 5.59. The second-order valence-corrected chi connectivity index (χ2v) is 7.65. The van der Waals surface area contributed by atoms with Crippen LogP contribution >= 0.6 is 0 Å². The van der Waals surface area contributed by atoms with E-state index >= 15 is 0 Å². The molecule has 0 radical (unpaired) electrons. The molecule has 1 aromatic carbocycles. The third kappa shape index (κ3) is 4.11. The van der Waals surface area contributed by atoms with E-state index in [1.54, 1.807) is 30.3 Å². The Balaban J connectivity index is 1.34. The largest absolute Gasteiger partial charge is 0.497 e. The molecule has 1 fully saturated rings. The fourth-order valence-corrected chi connectivity index (χ4v) is 3.98. The molecule has 5 rings (SSSR count). The van der Waals surface area contributed by atoms with Crippen LogP contribution in [0.1, 0.15) is 12.8 Å². The van der Waals surface area contributed by atoms with Gasteiger partial charge in [-0.1, -0.05) is 0 Å². The molecule has 0 bridgehead atoms. The Kier molecular flexibility index (Phi) is 5.30. The van der Waals surface area contributed by atoms with Gasteiger partial charge in [0.05, 0.1) is 18.5 Å². The van der Waals surface area contributed by atoms with Crippen LogP contribution in [0.5, 0.6) is 5.75 Å². The van der Waals surface area contributed by atoms with Gasteiger partial charge >= 0.3 is 0 Å². The van der Waals surface area contributed by atoms with E-state index < -0.39 is 0 Å². The van der Waals surface area contributed by atoms with E-state index in [1.165, 1.54) is 0 Å². The maximum atomic E-state index is 5.26. The molecule has 1 aliphatic rings. The van der Waals surface area contributed by atoms with E-state index in [1.807, 2.05) is 36.4 Å². The lowest BCUT2D eigenvalue weighted by molar-refractivity contribution is 0.415. The second kappa shape index (κ2) is 8.55. The molecule has 1 saturated heterocycles. The molecule has 9 heteroatoms. The molecule has 1 aliphatic heterocycles. The van der Waals surface area contributed by atoms with Gasteiger partial charge in [0.2, 0.25) is 11.6 Å². The summed E-state index contributed by atoms with van der Waals surface area (Å²) >= 11 is 0.